The summed E-state index contributed by atoms with van der Waals surface area (Å²) in [5.74, 6) is -1.63. The molecule has 0 saturated heterocycles. The van der Waals surface area contributed by atoms with E-state index in [1.54, 1.807) is 0 Å². The smallest absolute Gasteiger partial charge is 0.338 e. The molecule has 0 atom stereocenters. The molecule has 0 aliphatic rings. The summed E-state index contributed by atoms with van der Waals surface area (Å²) in [5.41, 5.74) is 0.00729. The number of carbonyl (C=O) groups excluding carboxylic acids is 1. The minimum absolute atomic E-state index is 0.0200. The van der Waals surface area contributed by atoms with Gasteiger partial charge in [0.05, 0.1) is 12.2 Å². The summed E-state index contributed by atoms with van der Waals surface area (Å²) in [6, 6.07) is 2.16. The molecule has 0 aromatic heterocycles. The molecular formula is C14H20FNO4S. The van der Waals surface area contributed by atoms with Crippen LogP contribution in [-0.2, 0) is 14.8 Å². The van der Waals surface area contributed by atoms with Gasteiger partial charge in [-0.05, 0) is 31.0 Å². The largest absolute Gasteiger partial charge is 0.462 e. The lowest BCUT2D eigenvalue weighted by Crippen LogP contribution is -2.16. The highest BCUT2D eigenvalue weighted by molar-refractivity contribution is 7.89. The highest BCUT2D eigenvalue weighted by Crippen LogP contribution is 2.20. The molecule has 0 heterocycles. The van der Waals surface area contributed by atoms with Crippen molar-refractivity contribution in [1.82, 2.24) is 0 Å². The molecular weight excluding hydrogens is 297 g/mol. The minimum atomic E-state index is -4.23. The van der Waals surface area contributed by atoms with E-state index in [2.05, 4.69) is 6.92 Å². The number of nitrogens with two attached hydrogens (primary N) is 1. The van der Waals surface area contributed by atoms with Gasteiger partial charge in [-0.1, -0.05) is 26.2 Å². The Labute approximate surface area is 124 Å². The van der Waals surface area contributed by atoms with Crippen molar-refractivity contribution in [3.8, 4) is 0 Å². The summed E-state index contributed by atoms with van der Waals surface area (Å²) >= 11 is 0. The van der Waals surface area contributed by atoms with Gasteiger partial charge in [-0.25, -0.2) is 22.7 Å². The van der Waals surface area contributed by atoms with Crippen LogP contribution < -0.4 is 5.14 Å². The van der Waals surface area contributed by atoms with Gasteiger partial charge in [0, 0.05) is 0 Å². The van der Waals surface area contributed by atoms with E-state index in [0.717, 1.165) is 31.7 Å². The first-order chi connectivity index (χ1) is 9.77. The van der Waals surface area contributed by atoms with Crippen molar-refractivity contribution >= 4 is 16.0 Å². The molecule has 0 saturated carbocycles. The molecule has 2 N–H and O–H groups in total. The van der Waals surface area contributed by atoms with Crippen LogP contribution in [0.2, 0.25) is 0 Å². The Hall–Kier alpha value is -1.47. The number of aryl methyl sites for hydroxylation is 1. The van der Waals surface area contributed by atoms with Crippen molar-refractivity contribution in [3.05, 3.63) is 29.1 Å². The summed E-state index contributed by atoms with van der Waals surface area (Å²) in [5, 5.41) is 4.93. The van der Waals surface area contributed by atoms with Gasteiger partial charge in [0.15, 0.2) is 0 Å². The van der Waals surface area contributed by atoms with Crippen LogP contribution in [0.25, 0.3) is 0 Å². The fraction of sp³-hybridized carbons (Fsp3) is 0.500. The average Bonchev–Trinajstić information content (AvgIpc) is 2.39. The highest BCUT2D eigenvalue weighted by Gasteiger charge is 2.20. The van der Waals surface area contributed by atoms with Gasteiger partial charge in [0.1, 0.15) is 10.7 Å². The molecule has 21 heavy (non-hydrogen) atoms. The van der Waals surface area contributed by atoms with E-state index in [0.29, 0.717) is 0 Å². The van der Waals surface area contributed by atoms with Gasteiger partial charge >= 0.3 is 5.97 Å². The Morgan fingerprint density at radius 1 is 1.29 bits per heavy atom. The molecule has 0 amide bonds. The number of hydrogen-bond acceptors (Lipinski definition) is 4. The third-order valence-electron chi connectivity index (χ3n) is 2.99. The minimum Gasteiger partial charge on any atom is -0.462 e. The Morgan fingerprint density at radius 2 is 1.95 bits per heavy atom. The number of ether oxygens (including phenoxy) is 1. The number of sulfonamides is 1. The van der Waals surface area contributed by atoms with Crippen LogP contribution in [0, 0.1) is 12.7 Å². The van der Waals surface area contributed by atoms with Crippen LogP contribution in [0.15, 0.2) is 17.0 Å². The Balaban J connectivity index is 2.84. The van der Waals surface area contributed by atoms with Crippen LogP contribution in [-0.4, -0.2) is 21.0 Å². The molecule has 7 heteroatoms. The Morgan fingerprint density at radius 3 is 2.52 bits per heavy atom. The zero-order valence-electron chi connectivity index (χ0n) is 12.2. The monoisotopic (exact) mass is 317 g/mol. The molecule has 1 rings (SSSR count). The van der Waals surface area contributed by atoms with Gasteiger partial charge in [0.2, 0.25) is 10.0 Å². The molecule has 1 aromatic rings. The van der Waals surface area contributed by atoms with Crippen molar-refractivity contribution < 1.29 is 22.3 Å². The number of benzene rings is 1. The van der Waals surface area contributed by atoms with Crippen LogP contribution >= 0.6 is 0 Å². The number of esters is 1. The van der Waals surface area contributed by atoms with Crippen molar-refractivity contribution in [2.24, 2.45) is 5.14 Å². The standard InChI is InChI=1S/C14H20FNO4S/c1-3-4-5-6-7-20-14(17)11-8-10(2)13(15)12(9-11)21(16,18)19/h8-9H,3-7H2,1-2H3,(H2,16,18,19). The van der Waals surface area contributed by atoms with Crippen LogP contribution in [0.1, 0.15) is 48.5 Å². The topological polar surface area (TPSA) is 86.5 Å². The van der Waals surface area contributed by atoms with Gasteiger partial charge in [-0.3, -0.25) is 0 Å². The number of carbonyl (C=O) groups is 1. The molecule has 0 aliphatic heterocycles. The first-order valence-electron chi connectivity index (χ1n) is 6.77. The molecule has 0 aliphatic carbocycles. The van der Waals surface area contributed by atoms with Gasteiger partial charge < -0.3 is 4.74 Å². The third-order valence-corrected chi connectivity index (χ3v) is 3.90. The fourth-order valence-electron chi connectivity index (χ4n) is 1.84. The Kier molecular flexibility index (Phi) is 6.29. The van der Waals surface area contributed by atoms with Crippen molar-refractivity contribution in [1.29, 1.82) is 0 Å². The molecule has 0 unspecified atom stereocenters. The van der Waals surface area contributed by atoms with Gasteiger partial charge in [-0.2, -0.15) is 0 Å². The normalized spacial score (nSPS) is 11.4. The molecule has 0 fully saturated rings. The molecule has 0 radical (unpaired) electrons. The van der Waals surface area contributed by atoms with E-state index in [-0.39, 0.29) is 17.7 Å². The second-order valence-corrected chi connectivity index (χ2v) is 6.38. The maximum absolute atomic E-state index is 13.7. The summed E-state index contributed by atoms with van der Waals surface area (Å²) in [6.07, 6.45) is 3.82. The molecule has 0 bridgehead atoms. The van der Waals surface area contributed by atoms with Gasteiger partial charge in [-0.15, -0.1) is 0 Å². The van der Waals surface area contributed by atoms with E-state index in [9.17, 15) is 17.6 Å². The summed E-state index contributed by atoms with van der Waals surface area (Å²) < 4.78 is 41.4. The van der Waals surface area contributed by atoms with Crippen LogP contribution in [0.3, 0.4) is 0 Å². The second kappa shape index (κ2) is 7.51. The lowest BCUT2D eigenvalue weighted by Gasteiger charge is -2.08. The fourth-order valence-corrected chi connectivity index (χ4v) is 2.54. The first-order valence-corrected chi connectivity index (χ1v) is 8.32. The van der Waals surface area contributed by atoms with Crippen molar-refractivity contribution in [3.63, 3.8) is 0 Å². The van der Waals surface area contributed by atoms with Crippen LogP contribution in [0.4, 0.5) is 4.39 Å². The number of hydrogen-bond donors (Lipinski definition) is 1. The predicted molar refractivity (Wildman–Crippen MR) is 76.9 cm³/mol. The summed E-state index contributed by atoms with van der Waals surface area (Å²) in [7, 11) is -4.23. The van der Waals surface area contributed by atoms with Crippen molar-refractivity contribution in [2.75, 3.05) is 6.61 Å². The average molecular weight is 317 g/mol. The zero-order chi connectivity index (χ0) is 16.0. The van der Waals surface area contributed by atoms with Gasteiger partial charge in [0.25, 0.3) is 0 Å². The summed E-state index contributed by atoms with van der Waals surface area (Å²) in [4.78, 5) is 11.1. The molecule has 5 nitrogen and oxygen atoms in total. The molecule has 118 valence electrons. The van der Waals surface area contributed by atoms with E-state index >= 15 is 0 Å². The lowest BCUT2D eigenvalue weighted by molar-refractivity contribution is 0.0497. The molecule has 1 aromatic carbocycles. The lowest BCUT2D eigenvalue weighted by atomic mass is 10.1. The molecule has 0 spiro atoms. The van der Waals surface area contributed by atoms with Crippen LogP contribution in [0.5, 0.6) is 0 Å². The first kappa shape index (κ1) is 17.6. The second-order valence-electron chi connectivity index (χ2n) is 4.85. The number of primary sulfonamides is 1. The number of rotatable bonds is 7. The zero-order valence-corrected chi connectivity index (χ0v) is 13.0. The summed E-state index contributed by atoms with van der Waals surface area (Å²) in [6.45, 7) is 3.68. The Bertz CT molecular complexity index is 614. The third kappa shape index (κ3) is 5.09. The van der Waals surface area contributed by atoms with E-state index < -0.39 is 26.7 Å². The van der Waals surface area contributed by atoms with E-state index in [4.69, 9.17) is 9.88 Å². The number of unbranched alkanes of at least 4 members (excludes halogenated alkanes) is 3. The maximum Gasteiger partial charge on any atom is 0.338 e. The maximum atomic E-state index is 13.7. The number of halogens is 1. The van der Waals surface area contributed by atoms with Crippen molar-refractivity contribution in [2.45, 2.75) is 44.4 Å². The highest BCUT2D eigenvalue weighted by atomic mass is 32.2. The quantitative estimate of drug-likeness (QED) is 0.618. The predicted octanol–water partition coefficient (Wildman–Crippen LogP) is 2.52. The van der Waals surface area contributed by atoms with E-state index in [1.807, 2.05) is 0 Å². The SMILES string of the molecule is CCCCCCOC(=O)c1cc(C)c(F)c(S(N)(=O)=O)c1. The van der Waals surface area contributed by atoms with E-state index in [1.165, 1.54) is 13.0 Å².